The van der Waals surface area contributed by atoms with Gasteiger partial charge in [-0.1, -0.05) is 79.5 Å². The van der Waals surface area contributed by atoms with E-state index in [2.05, 4.69) is 34.6 Å². The van der Waals surface area contributed by atoms with Crippen LogP contribution in [0.5, 0.6) is 0 Å². The van der Waals surface area contributed by atoms with E-state index in [0.717, 1.165) is 6.32 Å². The molecule has 3 N–H and O–H groups in total. The number of quaternary nitrogens is 1. The second-order valence-electron chi connectivity index (χ2n) is 6.79. The number of hydrogen-bond donors (Lipinski definition) is 0. The summed E-state index contributed by atoms with van der Waals surface area (Å²) in [6, 6.07) is 0. The van der Waals surface area contributed by atoms with Crippen molar-refractivity contribution < 1.29 is 15.4 Å². The maximum absolute atomic E-state index is 5.14. The van der Waals surface area contributed by atoms with Gasteiger partial charge in [-0.3, -0.25) is 0 Å². The molecule has 0 spiro atoms. The summed E-state index contributed by atoms with van der Waals surface area (Å²) in [5.74, 6) is 0. The van der Waals surface area contributed by atoms with E-state index in [0.29, 0.717) is 0 Å². The van der Waals surface area contributed by atoms with Gasteiger partial charge in [0.05, 0.1) is 34.0 Å². The summed E-state index contributed by atoms with van der Waals surface area (Å²) in [6.45, 7) is 17.2. The Labute approximate surface area is 155 Å². The molecule has 0 aromatic heterocycles. The van der Waals surface area contributed by atoms with Crippen molar-refractivity contribution in [2.24, 2.45) is 0 Å². The average Bonchev–Trinajstić information content (AvgIpc) is 2.55. The van der Waals surface area contributed by atoms with Gasteiger partial charge in [0, 0.05) is 0 Å². The zero-order chi connectivity index (χ0) is 17.1. The molecule has 3 nitrogen and oxygen atoms in total. The first-order valence-corrected chi connectivity index (χ1v) is 10.2. The van der Waals surface area contributed by atoms with Gasteiger partial charge in [0.15, 0.2) is 0 Å². The van der Waals surface area contributed by atoms with Crippen molar-refractivity contribution in [3.63, 3.8) is 0 Å². The van der Waals surface area contributed by atoms with Crippen LogP contribution in [0.15, 0.2) is 0 Å². The molecule has 0 aliphatic carbocycles. The van der Waals surface area contributed by atoms with Gasteiger partial charge in [0.2, 0.25) is 0 Å². The number of nitrogens with zero attached hydrogens (tertiary/aromatic N) is 1. The van der Waals surface area contributed by atoms with E-state index in [1.165, 1.54) is 94.9 Å². The van der Waals surface area contributed by atoms with Gasteiger partial charge >= 0.3 is 0 Å². The standard InChI is InChI=1S/C16H36N.C4H9B.2H2O/c1-5-9-13-17(14-10-6-2,15-11-7-3)16-12-8-4;1-2-3-4-5;;/h5-16H2,1-4H3;2-4H2,1H3;2*1H2/q+1;;;/p-1. The summed E-state index contributed by atoms with van der Waals surface area (Å²) in [5, 5.41) is 0. The summed E-state index contributed by atoms with van der Waals surface area (Å²) >= 11 is 0. The Morgan fingerprint density at radius 2 is 0.792 bits per heavy atom. The quantitative estimate of drug-likeness (QED) is 0.308. The molecule has 0 aliphatic heterocycles. The second kappa shape index (κ2) is 25.2. The van der Waals surface area contributed by atoms with Crippen molar-refractivity contribution in [1.29, 1.82) is 0 Å². The van der Waals surface area contributed by atoms with Crippen LogP contribution in [0.4, 0.5) is 0 Å². The highest BCUT2D eigenvalue weighted by atomic mass is 16.0. The average molecular weight is 345 g/mol. The van der Waals surface area contributed by atoms with Gasteiger partial charge in [-0.05, 0) is 25.7 Å². The lowest BCUT2D eigenvalue weighted by atomic mass is 10.0. The lowest BCUT2D eigenvalue weighted by Gasteiger charge is -2.39. The third kappa shape index (κ3) is 20.0. The van der Waals surface area contributed by atoms with Crippen LogP contribution < -0.4 is 0 Å². The molecule has 24 heavy (non-hydrogen) atoms. The molecule has 0 atom stereocenters. The van der Waals surface area contributed by atoms with Gasteiger partial charge in [0.25, 0.3) is 0 Å². The Morgan fingerprint density at radius 3 is 0.917 bits per heavy atom. The number of unbranched alkanes of at least 4 members (excludes halogenated alkanes) is 5. The Bertz CT molecular complexity index is 165. The van der Waals surface area contributed by atoms with Crippen molar-refractivity contribution in [2.75, 3.05) is 26.2 Å². The molecule has 2 radical (unpaired) electrons. The smallest absolute Gasteiger partial charge is 0.0786 e. The Balaban J connectivity index is -0.000000250. The molecular weight excluding hydrogens is 297 g/mol. The van der Waals surface area contributed by atoms with E-state index in [9.17, 15) is 0 Å². The fourth-order valence-corrected chi connectivity index (χ4v) is 2.85. The molecule has 0 aliphatic rings. The lowest BCUT2D eigenvalue weighted by molar-refractivity contribution is -0.929. The van der Waals surface area contributed by atoms with E-state index < -0.39 is 0 Å². The van der Waals surface area contributed by atoms with Crippen LogP contribution >= 0.6 is 0 Å². The molecule has 0 unspecified atom stereocenters. The molecular formula is C20H48BNO2. The molecule has 0 fully saturated rings. The van der Waals surface area contributed by atoms with Crippen molar-refractivity contribution in [1.82, 2.24) is 0 Å². The van der Waals surface area contributed by atoms with Gasteiger partial charge in [-0.25, -0.2) is 0 Å². The summed E-state index contributed by atoms with van der Waals surface area (Å²) in [6.07, 6.45) is 14.3. The van der Waals surface area contributed by atoms with Crippen LogP contribution in [0.3, 0.4) is 0 Å². The third-order valence-electron chi connectivity index (χ3n) is 4.50. The summed E-state index contributed by atoms with van der Waals surface area (Å²) < 4.78 is 1.42. The molecule has 0 saturated heterocycles. The summed E-state index contributed by atoms with van der Waals surface area (Å²) in [7, 11) is 5.14. The molecule has 0 heterocycles. The second-order valence-corrected chi connectivity index (χ2v) is 6.79. The largest absolute Gasteiger partial charge is 0.870 e. The fourth-order valence-electron chi connectivity index (χ4n) is 2.85. The van der Waals surface area contributed by atoms with E-state index in [1.54, 1.807) is 0 Å². The molecule has 4 heteroatoms. The normalized spacial score (nSPS) is 10.2. The zero-order valence-electron chi connectivity index (χ0n) is 17.6. The molecule has 148 valence electrons. The van der Waals surface area contributed by atoms with Gasteiger partial charge in [-0.15, -0.1) is 0 Å². The first-order valence-electron chi connectivity index (χ1n) is 10.2. The predicted molar refractivity (Wildman–Crippen MR) is 110 cm³/mol. The number of rotatable bonds is 14. The molecule has 0 saturated carbocycles. The Hall–Kier alpha value is -0.0551. The molecule has 0 aromatic carbocycles. The summed E-state index contributed by atoms with van der Waals surface area (Å²) in [5.41, 5.74) is 0. The Morgan fingerprint density at radius 1 is 0.542 bits per heavy atom. The molecule has 0 bridgehead atoms. The van der Waals surface area contributed by atoms with Crippen LogP contribution in [0.25, 0.3) is 0 Å². The van der Waals surface area contributed by atoms with Crippen molar-refractivity contribution in [3.8, 4) is 0 Å². The maximum atomic E-state index is 5.14. The van der Waals surface area contributed by atoms with Gasteiger partial charge in [-0.2, -0.15) is 0 Å². The Kier molecular flexibility index (Phi) is 33.3. The van der Waals surface area contributed by atoms with Crippen molar-refractivity contribution >= 4 is 7.85 Å². The van der Waals surface area contributed by atoms with E-state index in [1.807, 2.05) is 0 Å². The van der Waals surface area contributed by atoms with Crippen LogP contribution in [-0.2, 0) is 0 Å². The van der Waals surface area contributed by atoms with Gasteiger partial charge < -0.3 is 15.4 Å². The monoisotopic (exact) mass is 345 g/mol. The third-order valence-corrected chi connectivity index (χ3v) is 4.50. The minimum absolute atomic E-state index is 0. The molecule has 0 rings (SSSR count). The van der Waals surface area contributed by atoms with Crippen LogP contribution in [0.1, 0.15) is 98.8 Å². The van der Waals surface area contributed by atoms with E-state index in [-0.39, 0.29) is 11.0 Å². The van der Waals surface area contributed by atoms with Crippen LogP contribution in [0.2, 0.25) is 6.32 Å². The minimum Gasteiger partial charge on any atom is -0.870 e. The zero-order valence-corrected chi connectivity index (χ0v) is 17.6. The van der Waals surface area contributed by atoms with Gasteiger partial charge in [0.1, 0.15) is 0 Å². The highest BCUT2D eigenvalue weighted by Crippen LogP contribution is 2.16. The maximum Gasteiger partial charge on any atom is 0.0786 e. The first kappa shape index (κ1) is 31.7. The molecule has 0 amide bonds. The molecule has 0 aromatic rings. The highest BCUT2D eigenvalue weighted by molar-refractivity contribution is 6.08. The minimum atomic E-state index is 0. The number of hydrogen-bond acceptors (Lipinski definition) is 1. The van der Waals surface area contributed by atoms with E-state index in [4.69, 9.17) is 7.85 Å². The van der Waals surface area contributed by atoms with Crippen molar-refractivity contribution in [3.05, 3.63) is 0 Å². The van der Waals surface area contributed by atoms with Crippen molar-refractivity contribution in [2.45, 2.75) is 105 Å². The predicted octanol–water partition coefficient (Wildman–Crippen LogP) is 5.38. The first-order chi connectivity index (χ1) is 10.7. The summed E-state index contributed by atoms with van der Waals surface area (Å²) in [4.78, 5) is 0. The topological polar surface area (TPSA) is 61.5 Å². The lowest BCUT2D eigenvalue weighted by Crippen LogP contribution is -2.50. The highest BCUT2D eigenvalue weighted by Gasteiger charge is 2.24. The SMILES string of the molecule is CCCC[N+](CCCC)(CCCC)CCCC.O.[B]CCCC.[OH-]. The fraction of sp³-hybridized carbons (Fsp3) is 1.00. The van der Waals surface area contributed by atoms with Crippen LogP contribution in [0, 0.1) is 0 Å². The van der Waals surface area contributed by atoms with E-state index >= 15 is 0 Å². The van der Waals surface area contributed by atoms with Crippen LogP contribution in [-0.4, -0.2) is 49.5 Å².